The Morgan fingerprint density at radius 3 is 1.33 bits per heavy atom. The first-order valence-electron chi connectivity index (χ1n) is 23.9. The smallest absolute Gasteiger partial charge is 0.240 e. The van der Waals surface area contributed by atoms with Gasteiger partial charge in [-0.15, -0.1) is 0 Å². The van der Waals surface area contributed by atoms with E-state index in [1.54, 1.807) is 0 Å². The highest BCUT2D eigenvalue weighted by Gasteiger charge is 2.25. The van der Waals surface area contributed by atoms with Crippen LogP contribution >= 0.6 is 0 Å². The zero-order valence-electron chi connectivity index (χ0n) is 38.2. The SMILES string of the molecule is Fc1ccc(-n2c3ccccc3c3cc4c5ccccc5n(-c5nc(-c6ccc(-c7ccccc7)cc6)nc(-n6c7ccccc7c7ccc8c(c9ccccc9n8-c8ccc(F)cc8)c76)n5)c4cc32)cc1. The number of aromatic nitrogens is 7. The monoisotopic (exact) mass is 929 g/mol. The summed E-state index contributed by atoms with van der Waals surface area (Å²) >= 11 is 0. The highest BCUT2D eigenvalue weighted by atomic mass is 19.1. The molecule has 0 spiro atoms. The minimum absolute atomic E-state index is 0.291. The minimum atomic E-state index is -0.291. The molecule has 0 aliphatic heterocycles. The summed E-state index contributed by atoms with van der Waals surface area (Å²) in [6.45, 7) is 0. The summed E-state index contributed by atoms with van der Waals surface area (Å²) < 4.78 is 37.7. The number of nitrogens with zero attached hydrogens (tertiary/aromatic N) is 7. The largest absolute Gasteiger partial charge is 0.309 e. The van der Waals surface area contributed by atoms with Crippen molar-refractivity contribution in [3.8, 4) is 45.8 Å². The molecule has 0 aliphatic carbocycles. The summed E-state index contributed by atoms with van der Waals surface area (Å²) in [5.41, 5.74) is 12.4. The Bertz CT molecular complexity index is 4680. The highest BCUT2D eigenvalue weighted by Crippen LogP contribution is 2.43. The molecule has 0 atom stereocenters. The number of hydrogen-bond donors (Lipinski definition) is 0. The van der Waals surface area contributed by atoms with E-state index in [4.69, 9.17) is 15.0 Å². The molecule has 0 amide bonds. The fourth-order valence-electron chi connectivity index (χ4n) is 11.2. The third kappa shape index (κ3) is 5.91. The molecule has 7 nitrogen and oxygen atoms in total. The van der Waals surface area contributed by atoms with Gasteiger partial charge < -0.3 is 9.13 Å². The molecule has 72 heavy (non-hydrogen) atoms. The second kappa shape index (κ2) is 15.4. The molecule has 0 N–H and O–H groups in total. The van der Waals surface area contributed by atoms with Crippen LogP contribution in [-0.4, -0.2) is 33.2 Å². The van der Waals surface area contributed by atoms with E-state index in [9.17, 15) is 8.78 Å². The Balaban J connectivity index is 1.06. The predicted octanol–water partition coefficient (Wildman–Crippen LogP) is 15.9. The van der Waals surface area contributed by atoms with E-state index in [1.165, 1.54) is 24.3 Å². The lowest BCUT2D eigenvalue weighted by molar-refractivity contribution is 0.627. The van der Waals surface area contributed by atoms with Crippen LogP contribution in [0.15, 0.2) is 224 Å². The number of hydrogen-bond acceptors (Lipinski definition) is 3. The summed E-state index contributed by atoms with van der Waals surface area (Å²) in [5, 5.41) is 8.43. The van der Waals surface area contributed by atoms with Crippen molar-refractivity contribution in [1.29, 1.82) is 0 Å². The van der Waals surface area contributed by atoms with E-state index < -0.39 is 0 Å². The third-order valence-corrected chi connectivity index (χ3v) is 14.4. The van der Waals surface area contributed by atoms with Gasteiger partial charge in [-0.1, -0.05) is 133 Å². The maximum absolute atomic E-state index is 14.5. The number of rotatable bonds is 6. The molecule has 0 radical (unpaired) electrons. The maximum Gasteiger partial charge on any atom is 0.240 e. The third-order valence-electron chi connectivity index (χ3n) is 14.4. The van der Waals surface area contributed by atoms with Gasteiger partial charge in [-0.2, -0.15) is 15.0 Å². The van der Waals surface area contributed by atoms with Crippen molar-refractivity contribution in [2.45, 2.75) is 0 Å². The molecule has 5 heterocycles. The minimum Gasteiger partial charge on any atom is -0.309 e. The number of fused-ring (bicyclic) bond motifs is 13. The van der Waals surface area contributed by atoms with Crippen molar-refractivity contribution in [1.82, 2.24) is 33.2 Å². The van der Waals surface area contributed by atoms with Crippen LogP contribution in [-0.2, 0) is 0 Å². The first-order valence-corrected chi connectivity index (χ1v) is 23.9. The van der Waals surface area contributed by atoms with Crippen LogP contribution in [0, 0.1) is 11.6 Å². The second-order valence-electron chi connectivity index (χ2n) is 18.3. The average molecular weight is 930 g/mol. The second-order valence-corrected chi connectivity index (χ2v) is 18.3. The van der Waals surface area contributed by atoms with Crippen LogP contribution < -0.4 is 0 Å². The van der Waals surface area contributed by atoms with Gasteiger partial charge in [0.1, 0.15) is 11.6 Å². The zero-order chi connectivity index (χ0) is 47.6. The topological polar surface area (TPSA) is 58.4 Å². The van der Waals surface area contributed by atoms with Gasteiger partial charge in [-0.3, -0.25) is 9.13 Å². The normalized spacial score (nSPS) is 12.0. The number of benzene rings is 10. The molecule has 9 heteroatoms. The molecule has 0 saturated carbocycles. The van der Waals surface area contributed by atoms with Gasteiger partial charge in [0.25, 0.3) is 0 Å². The van der Waals surface area contributed by atoms with E-state index in [2.05, 4.69) is 164 Å². The lowest BCUT2D eigenvalue weighted by Crippen LogP contribution is -2.10. The Kier molecular flexibility index (Phi) is 8.59. The first-order chi connectivity index (χ1) is 35.5. The van der Waals surface area contributed by atoms with Crippen molar-refractivity contribution in [3.63, 3.8) is 0 Å². The van der Waals surface area contributed by atoms with Crippen molar-refractivity contribution in [2.24, 2.45) is 0 Å². The summed E-state index contributed by atoms with van der Waals surface area (Å²) in [7, 11) is 0. The average Bonchev–Trinajstić information content (AvgIpc) is 4.16. The standard InChI is InChI=1S/C63H37F2N7/c64-41-26-30-43(31-27-41)69-55-21-11-7-17-49(55)59-56(69)35-34-48-45-14-4-10-20-54(45)72(60(48)59)63-67-61(40-24-22-39(23-25-40)38-12-2-1-3-13-38)66-62(68-63)71-53-19-9-6-16-47(53)51-36-50-46-15-5-8-18-52(46)70(57(50)37-58(51)71)44-32-28-42(65)29-33-44/h1-37H. The zero-order valence-corrected chi connectivity index (χ0v) is 38.2. The molecule has 0 saturated heterocycles. The molecular formula is C63H37F2N7. The van der Waals surface area contributed by atoms with E-state index in [1.807, 2.05) is 54.6 Å². The maximum atomic E-state index is 14.5. The molecule has 10 aromatic carbocycles. The Hall–Kier alpha value is -9.73. The fourth-order valence-corrected chi connectivity index (χ4v) is 11.2. The van der Waals surface area contributed by atoms with Gasteiger partial charge >= 0.3 is 0 Å². The lowest BCUT2D eigenvalue weighted by Gasteiger charge is -2.14. The van der Waals surface area contributed by atoms with E-state index in [0.717, 1.165) is 115 Å². The van der Waals surface area contributed by atoms with Crippen LogP contribution in [0.25, 0.3) is 133 Å². The van der Waals surface area contributed by atoms with Gasteiger partial charge in [0.15, 0.2) is 5.82 Å². The molecule has 0 unspecified atom stereocenters. The molecule has 0 fully saturated rings. The Labute approximate surface area is 409 Å². The predicted molar refractivity (Wildman–Crippen MR) is 288 cm³/mol. The molecular weight excluding hydrogens is 893 g/mol. The number of halogens is 2. The fraction of sp³-hybridized carbons (Fsp3) is 0. The van der Waals surface area contributed by atoms with Crippen LogP contribution in [0.2, 0.25) is 0 Å². The van der Waals surface area contributed by atoms with Gasteiger partial charge in [-0.25, -0.2) is 8.78 Å². The molecule has 5 aromatic heterocycles. The van der Waals surface area contributed by atoms with Gasteiger partial charge in [0.05, 0.1) is 44.1 Å². The van der Waals surface area contributed by atoms with Gasteiger partial charge in [0.2, 0.25) is 11.9 Å². The molecule has 0 aliphatic rings. The van der Waals surface area contributed by atoms with Crippen molar-refractivity contribution >= 4 is 87.2 Å². The molecule has 0 bridgehead atoms. The Morgan fingerprint density at radius 2 is 0.722 bits per heavy atom. The van der Waals surface area contributed by atoms with Gasteiger partial charge in [-0.05, 0) is 102 Å². The highest BCUT2D eigenvalue weighted by molar-refractivity contribution is 6.26. The van der Waals surface area contributed by atoms with E-state index in [-0.39, 0.29) is 11.6 Å². The van der Waals surface area contributed by atoms with Crippen LogP contribution in [0.5, 0.6) is 0 Å². The van der Waals surface area contributed by atoms with E-state index in [0.29, 0.717) is 17.7 Å². The first kappa shape index (κ1) is 40.2. The Morgan fingerprint density at radius 1 is 0.278 bits per heavy atom. The molecule has 15 rings (SSSR count). The summed E-state index contributed by atoms with van der Waals surface area (Å²) in [6, 6.07) is 74.5. The van der Waals surface area contributed by atoms with E-state index >= 15 is 0 Å². The quantitative estimate of drug-likeness (QED) is 0.167. The van der Waals surface area contributed by atoms with Crippen LogP contribution in [0.4, 0.5) is 8.78 Å². The van der Waals surface area contributed by atoms with Crippen LogP contribution in [0.1, 0.15) is 0 Å². The van der Waals surface area contributed by atoms with Crippen molar-refractivity contribution in [2.75, 3.05) is 0 Å². The lowest BCUT2D eigenvalue weighted by atomic mass is 10.0. The summed E-state index contributed by atoms with van der Waals surface area (Å²) in [6.07, 6.45) is 0. The molecule has 338 valence electrons. The van der Waals surface area contributed by atoms with Crippen molar-refractivity contribution < 1.29 is 8.78 Å². The summed E-state index contributed by atoms with van der Waals surface area (Å²) in [4.78, 5) is 16.5. The molecule has 15 aromatic rings. The van der Waals surface area contributed by atoms with Crippen molar-refractivity contribution in [3.05, 3.63) is 236 Å². The number of para-hydroxylation sites is 4. The summed E-state index contributed by atoms with van der Waals surface area (Å²) in [5.74, 6) is 0.826. The van der Waals surface area contributed by atoms with Gasteiger partial charge in [0, 0.05) is 60.0 Å². The van der Waals surface area contributed by atoms with Crippen LogP contribution in [0.3, 0.4) is 0 Å².